The van der Waals surface area contributed by atoms with Gasteiger partial charge >= 0.3 is 5.97 Å². The maximum Gasteiger partial charge on any atom is 0.329 e. The zero-order valence-electron chi connectivity index (χ0n) is 21.1. The maximum atomic E-state index is 15.3. The van der Waals surface area contributed by atoms with Crippen LogP contribution in [0.4, 0.5) is 4.39 Å². The van der Waals surface area contributed by atoms with Crippen molar-refractivity contribution in [3.05, 3.63) is 65.6 Å². The van der Waals surface area contributed by atoms with Crippen LogP contribution in [-0.2, 0) is 27.2 Å². The second-order valence-electron chi connectivity index (χ2n) is 9.74. The lowest BCUT2D eigenvalue weighted by Gasteiger charge is -2.28. The van der Waals surface area contributed by atoms with Crippen LogP contribution in [0.5, 0.6) is 0 Å². The fraction of sp³-hybridized carbons (Fsp3) is 0.448. The van der Waals surface area contributed by atoms with Gasteiger partial charge in [-0.05, 0) is 56.1 Å². The van der Waals surface area contributed by atoms with Gasteiger partial charge in [0.15, 0.2) is 0 Å². The van der Waals surface area contributed by atoms with Crippen LogP contribution < -0.4 is 0 Å². The number of hydrogen-bond donors (Lipinski definition) is 1. The molecule has 0 radical (unpaired) electrons. The van der Waals surface area contributed by atoms with Crippen LogP contribution in [0.3, 0.4) is 0 Å². The van der Waals surface area contributed by atoms with Gasteiger partial charge in [-0.1, -0.05) is 42.5 Å². The first-order valence-corrected chi connectivity index (χ1v) is 12.7. The number of carboxylic acids is 1. The van der Waals surface area contributed by atoms with Crippen molar-refractivity contribution in [3.63, 3.8) is 0 Å². The highest BCUT2D eigenvalue weighted by Crippen LogP contribution is 2.38. The van der Waals surface area contributed by atoms with Crippen LogP contribution in [-0.4, -0.2) is 47.8 Å². The molecular weight excluding hydrogens is 459 g/mol. The van der Waals surface area contributed by atoms with Gasteiger partial charge < -0.3 is 14.6 Å². The highest BCUT2D eigenvalue weighted by Gasteiger charge is 2.27. The molecule has 6 nitrogen and oxygen atoms in total. The smallest absolute Gasteiger partial charge is 0.329 e. The van der Waals surface area contributed by atoms with E-state index in [1.54, 1.807) is 13.2 Å². The largest absolute Gasteiger partial charge is 0.480 e. The van der Waals surface area contributed by atoms with E-state index in [2.05, 4.69) is 4.68 Å². The van der Waals surface area contributed by atoms with E-state index in [0.717, 1.165) is 60.3 Å². The summed E-state index contributed by atoms with van der Waals surface area (Å²) in [5.74, 6) is -0.335. The number of nitrogens with zero attached hydrogens (tertiary/aromatic N) is 2. The maximum absolute atomic E-state index is 15.3. The van der Waals surface area contributed by atoms with Crippen molar-refractivity contribution in [3.8, 4) is 22.4 Å². The third-order valence-electron chi connectivity index (χ3n) is 7.02. The molecule has 0 spiro atoms. The Morgan fingerprint density at radius 2 is 1.83 bits per heavy atom. The molecule has 4 rings (SSSR count). The monoisotopic (exact) mass is 494 g/mol. The molecule has 7 heteroatoms. The molecule has 3 aromatic rings. The first-order chi connectivity index (χ1) is 17.5. The summed E-state index contributed by atoms with van der Waals surface area (Å²) in [5, 5.41) is 13.8. The molecular formula is C29H35FN2O4. The summed E-state index contributed by atoms with van der Waals surface area (Å²) < 4.78 is 28.1. The number of methoxy groups -OCH3 is 1. The number of carbonyl (C=O) groups is 1. The Balaban J connectivity index is 1.63. The molecule has 1 aromatic heterocycles. The van der Waals surface area contributed by atoms with E-state index in [9.17, 15) is 4.79 Å². The number of halogens is 1. The standard InChI is InChI=1S/C29H35FN2O4/c1-20-8-13-24(25(30)16-20)28-26(14-15-35-2)32(31-29(28)23-6-4-3-5-7-23)17-21-9-11-22(12-10-21)18-36-19-27(33)34/h3-8,13,16,21-22H,9-12,14-15,17-19H2,1-2H3,(H,33,34). The second-order valence-corrected chi connectivity index (χ2v) is 9.74. The van der Waals surface area contributed by atoms with Crippen molar-refractivity contribution in [1.82, 2.24) is 9.78 Å². The average Bonchev–Trinajstić information content (AvgIpc) is 3.21. The number of benzene rings is 2. The zero-order valence-corrected chi connectivity index (χ0v) is 21.1. The fourth-order valence-electron chi connectivity index (χ4n) is 5.14. The summed E-state index contributed by atoms with van der Waals surface area (Å²) in [5.41, 5.74) is 5.03. The van der Waals surface area contributed by atoms with Gasteiger partial charge in [0.05, 0.1) is 13.2 Å². The lowest BCUT2D eigenvalue weighted by Crippen LogP contribution is -2.24. The Bertz CT molecular complexity index is 1150. The molecule has 0 amide bonds. The van der Waals surface area contributed by atoms with Crippen LogP contribution in [0.15, 0.2) is 48.5 Å². The van der Waals surface area contributed by atoms with Crippen LogP contribution >= 0.6 is 0 Å². The minimum atomic E-state index is -0.930. The third-order valence-corrected chi connectivity index (χ3v) is 7.02. The van der Waals surface area contributed by atoms with Crippen LogP contribution in [0.1, 0.15) is 36.9 Å². The molecule has 192 valence electrons. The van der Waals surface area contributed by atoms with Crippen molar-refractivity contribution >= 4 is 5.97 Å². The zero-order chi connectivity index (χ0) is 25.5. The van der Waals surface area contributed by atoms with Gasteiger partial charge in [-0.2, -0.15) is 5.10 Å². The molecule has 0 saturated heterocycles. The molecule has 0 unspecified atom stereocenters. The number of hydrogen-bond acceptors (Lipinski definition) is 4. The number of rotatable bonds is 11. The van der Waals surface area contributed by atoms with E-state index in [4.69, 9.17) is 19.7 Å². The summed E-state index contributed by atoms with van der Waals surface area (Å²) in [7, 11) is 1.68. The third kappa shape index (κ3) is 6.39. The lowest BCUT2D eigenvalue weighted by molar-refractivity contribution is -0.142. The first kappa shape index (κ1) is 26.0. The van der Waals surface area contributed by atoms with Gasteiger partial charge in [0.1, 0.15) is 18.1 Å². The van der Waals surface area contributed by atoms with E-state index in [-0.39, 0.29) is 12.4 Å². The van der Waals surface area contributed by atoms with Gasteiger partial charge in [-0.25, -0.2) is 9.18 Å². The van der Waals surface area contributed by atoms with E-state index in [1.165, 1.54) is 0 Å². The van der Waals surface area contributed by atoms with E-state index >= 15 is 4.39 Å². The van der Waals surface area contributed by atoms with E-state index in [1.807, 2.05) is 49.4 Å². The number of aliphatic carboxylic acids is 1. The lowest BCUT2D eigenvalue weighted by atomic mass is 9.82. The molecule has 1 saturated carbocycles. The van der Waals surface area contributed by atoms with Crippen molar-refractivity contribution in [1.29, 1.82) is 0 Å². The van der Waals surface area contributed by atoms with Gasteiger partial charge in [-0.15, -0.1) is 0 Å². The Morgan fingerprint density at radius 3 is 2.50 bits per heavy atom. The van der Waals surface area contributed by atoms with Gasteiger partial charge in [-0.3, -0.25) is 4.68 Å². The number of aromatic nitrogens is 2. The van der Waals surface area contributed by atoms with Crippen molar-refractivity contribution in [2.45, 2.75) is 45.6 Å². The summed E-state index contributed by atoms with van der Waals surface area (Å²) in [6, 6.07) is 15.3. The Morgan fingerprint density at radius 1 is 1.11 bits per heavy atom. The molecule has 1 aliphatic rings. The molecule has 0 aliphatic heterocycles. The van der Waals surface area contributed by atoms with Crippen LogP contribution in [0.2, 0.25) is 0 Å². The summed E-state index contributed by atoms with van der Waals surface area (Å²) in [4.78, 5) is 10.7. The van der Waals surface area contributed by atoms with Gasteiger partial charge in [0, 0.05) is 42.5 Å². The average molecular weight is 495 g/mol. The fourth-order valence-corrected chi connectivity index (χ4v) is 5.14. The number of carboxylic acid groups (broad SMARTS) is 1. The normalized spacial score (nSPS) is 17.9. The topological polar surface area (TPSA) is 73.6 Å². The number of aryl methyl sites for hydroxylation is 1. The summed E-state index contributed by atoms with van der Waals surface area (Å²) in [6.07, 6.45) is 4.70. The van der Waals surface area contributed by atoms with Crippen LogP contribution in [0, 0.1) is 24.6 Å². The van der Waals surface area contributed by atoms with Crippen LogP contribution in [0.25, 0.3) is 22.4 Å². The molecule has 1 fully saturated rings. The molecule has 0 atom stereocenters. The van der Waals surface area contributed by atoms with E-state index in [0.29, 0.717) is 37.0 Å². The van der Waals surface area contributed by atoms with Crippen molar-refractivity contribution in [2.75, 3.05) is 26.9 Å². The molecule has 1 aliphatic carbocycles. The highest BCUT2D eigenvalue weighted by atomic mass is 19.1. The summed E-state index contributed by atoms with van der Waals surface area (Å²) in [6.45, 7) is 3.43. The molecule has 36 heavy (non-hydrogen) atoms. The van der Waals surface area contributed by atoms with Gasteiger partial charge in [0.2, 0.25) is 0 Å². The molecule has 2 aromatic carbocycles. The summed E-state index contributed by atoms with van der Waals surface area (Å²) >= 11 is 0. The molecule has 0 bridgehead atoms. The van der Waals surface area contributed by atoms with Gasteiger partial charge in [0.25, 0.3) is 0 Å². The van der Waals surface area contributed by atoms with Crippen molar-refractivity contribution in [2.24, 2.45) is 11.8 Å². The SMILES string of the molecule is COCCc1c(-c2ccc(C)cc2F)c(-c2ccccc2)nn1CC1CCC(COCC(=O)O)CC1. The minimum absolute atomic E-state index is 0.239. The predicted molar refractivity (Wildman–Crippen MR) is 137 cm³/mol. The first-order valence-electron chi connectivity index (χ1n) is 12.7. The molecule has 1 heterocycles. The quantitative estimate of drug-likeness (QED) is 0.367. The Kier molecular flexibility index (Phi) is 8.88. The second kappa shape index (κ2) is 12.3. The predicted octanol–water partition coefficient (Wildman–Crippen LogP) is 5.76. The molecule has 1 N–H and O–H groups in total. The highest BCUT2D eigenvalue weighted by molar-refractivity contribution is 5.83. The Hall–Kier alpha value is -3.03. The van der Waals surface area contributed by atoms with E-state index < -0.39 is 5.97 Å². The Labute approximate surface area is 212 Å². The number of ether oxygens (including phenoxy) is 2. The minimum Gasteiger partial charge on any atom is -0.480 e. The van der Waals surface area contributed by atoms with Crippen molar-refractivity contribution < 1.29 is 23.8 Å².